The van der Waals surface area contributed by atoms with E-state index in [0.717, 1.165) is 11.1 Å². The van der Waals surface area contributed by atoms with Gasteiger partial charge in [0.25, 0.3) is 11.5 Å². The first-order valence-electron chi connectivity index (χ1n) is 13.0. The number of carbonyl (C=O) groups is 1. The molecule has 0 spiro atoms. The fraction of sp³-hybridized carbons (Fsp3) is 0.219. The van der Waals surface area contributed by atoms with Gasteiger partial charge in [-0.05, 0) is 86.0 Å². The minimum absolute atomic E-state index is 0.177. The number of furan rings is 1. The highest BCUT2D eigenvalue weighted by Gasteiger charge is 2.31. The van der Waals surface area contributed by atoms with Crippen molar-refractivity contribution in [3.05, 3.63) is 124 Å². The topological polar surface area (TPSA) is 77.6 Å². The van der Waals surface area contributed by atoms with Gasteiger partial charge in [-0.15, -0.1) is 0 Å². The Kier molecular flexibility index (Phi) is 7.32. The van der Waals surface area contributed by atoms with E-state index < -0.39 is 6.04 Å². The number of aromatic nitrogens is 2. The average molecular weight is 522 g/mol. The Morgan fingerprint density at radius 2 is 1.82 bits per heavy atom. The summed E-state index contributed by atoms with van der Waals surface area (Å²) in [6, 6.07) is 23.4. The average Bonchev–Trinajstić information content (AvgIpc) is 3.48. The van der Waals surface area contributed by atoms with E-state index in [2.05, 4.69) is 0 Å². The summed E-state index contributed by atoms with van der Waals surface area (Å²) in [5.74, 6) is 1.49. The summed E-state index contributed by atoms with van der Waals surface area (Å²) in [7, 11) is 1.57. The van der Waals surface area contributed by atoms with E-state index in [0.29, 0.717) is 45.9 Å². The Morgan fingerprint density at radius 1 is 1.00 bits per heavy atom. The maximum atomic E-state index is 14.1. The van der Waals surface area contributed by atoms with Gasteiger partial charge in [0.05, 0.1) is 42.5 Å². The summed E-state index contributed by atoms with van der Waals surface area (Å²) in [6.45, 7) is 6.25. The number of hydrogen-bond acceptors (Lipinski definition) is 5. The lowest BCUT2D eigenvalue weighted by molar-refractivity contribution is 0.0623. The van der Waals surface area contributed by atoms with Crippen LogP contribution in [0.3, 0.4) is 0 Å². The van der Waals surface area contributed by atoms with E-state index in [1.54, 1.807) is 59.2 Å². The lowest BCUT2D eigenvalue weighted by atomic mass is 10.1. The van der Waals surface area contributed by atoms with Crippen LogP contribution in [0.1, 0.15) is 52.5 Å². The predicted octanol–water partition coefficient (Wildman–Crippen LogP) is 6.40. The zero-order valence-electron chi connectivity index (χ0n) is 22.5. The highest BCUT2D eigenvalue weighted by Crippen LogP contribution is 2.30. The zero-order chi connectivity index (χ0) is 27.5. The summed E-state index contributed by atoms with van der Waals surface area (Å²) in [5.41, 5.74) is 3.78. The number of amides is 1. The molecule has 0 aliphatic rings. The molecule has 0 aliphatic heterocycles. The van der Waals surface area contributed by atoms with E-state index in [-0.39, 0.29) is 18.0 Å². The number of methoxy groups -OCH3 is 1. The van der Waals surface area contributed by atoms with E-state index >= 15 is 0 Å². The third kappa shape index (κ3) is 5.08. The van der Waals surface area contributed by atoms with E-state index in [4.69, 9.17) is 14.1 Å². The quantitative estimate of drug-likeness (QED) is 0.236. The molecular weight excluding hydrogens is 490 g/mol. The Bertz CT molecular complexity index is 1690. The lowest BCUT2D eigenvalue weighted by Crippen LogP contribution is -2.38. The molecule has 1 unspecified atom stereocenters. The predicted molar refractivity (Wildman–Crippen MR) is 151 cm³/mol. The minimum atomic E-state index is -0.535. The number of carbonyl (C=O) groups excluding carboxylic acids is 1. The third-order valence-electron chi connectivity index (χ3n) is 7.10. The molecule has 5 rings (SSSR count). The molecule has 0 saturated carbocycles. The van der Waals surface area contributed by atoms with Gasteiger partial charge in [0.1, 0.15) is 17.3 Å². The molecule has 1 amide bonds. The number of hydrogen-bond donors (Lipinski definition) is 0. The second-order valence-corrected chi connectivity index (χ2v) is 9.56. The smallest absolute Gasteiger partial charge is 0.266 e. The molecule has 0 saturated heterocycles. The van der Waals surface area contributed by atoms with Crippen LogP contribution >= 0.6 is 0 Å². The number of nitrogens with zero attached hydrogens (tertiary/aromatic N) is 3. The van der Waals surface area contributed by atoms with Crippen LogP contribution in [0.25, 0.3) is 16.6 Å². The molecule has 2 heterocycles. The maximum Gasteiger partial charge on any atom is 0.266 e. The van der Waals surface area contributed by atoms with Crippen LogP contribution in [0.15, 0.2) is 94.3 Å². The van der Waals surface area contributed by atoms with Gasteiger partial charge in [-0.25, -0.2) is 4.98 Å². The van der Waals surface area contributed by atoms with E-state index in [9.17, 15) is 9.59 Å². The first-order chi connectivity index (χ1) is 18.9. The van der Waals surface area contributed by atoms with Crippen molar-refractivity contribution in [3.63, 3.8) is 0 Å². The molecule has 39 heavy (non-hydrogen) atoms. The Morgan fingerprint density at radius 3 is 2.54 bits per heavy atom. The molecule has 0 fully saturated rings. The molecule has 7 nitrogen and oxygen atoms in total. The van der Waals surface area contributed by atoms with Crippen molar-refractivity contribution in [2.24, 2.45) is 0 Å². The van der Waals surface area contributed by atoms with Crippen LogP contribution in [0, 0.1) is 13.8 Å². The summed E-state index contributed by atoms with van der Waals surface area (Å²) >= 11 is 0. The summed E-state index contributed by atoms with van der Waals surface area (Å²) in [4.78, 5) is 34.9. The molecule has 198 valence electrons. The highest BCUT2D eigenvalue weighted by atomic mass is 16.5. The molecule has 7 heteroatoms. The number of para-hydroxylation sites is 1. The van der Waals surface area contributed by atoms with Gasteiger partial charge in [-0.3, -0.25) is 14.2 Å². The van der Waals surface area contributed by atoms with Gasteiger partial charge in [0.15, 0.2) is 0 Å². The van der Waals surface area contributed by atoms with Crippen molar-refractivity contribution in [2.45, 2.75) is 39.8 Å². The summed E-state index contributed by atoms with van der Waals surface area (Å²) in [5, 5.41) is 0.519. The largest absolute Gasteiger partial charge is 0.497 e. The van der Waals surface area contributed by atoms with Crippen LogP contribution in [0.4, 0.5) is 0 Å². The van der Waals surface area contributed by atoms with Crippen LogP contribution in [0.2, 0.25) is 0 Å². The molecule has 0 aliphatic carbocycles. The second kappa shape index (κ2) is 11.0. The summed E-state index contributed by atoms with van der Waals surface area (Å²) in [6.07, 6.45) is 2.11. The van der Waals surface area contributed by atoms with Crippen molar-refractivity contribution in [3.8, 4) is 11.4 Å². The van der Waals surface area contributed by atoms with Gasteiger partial charge in [0.2, 0.25) is 0 Å². The van der Waals surface area contributed by atoms with Gasteiger partial charge >= 0.3 is 0 Å². The van der Waals surface area contributed by atoms with Crippen molar-refractivity contribution in [1.82, 2.24) is 14.5 Å². The van der Waals surface area contributed by atoms with E-state index in [1.165, 1.54) is 0 Å². The monoisotopic (exact) mass is 521 g/mol. The first-order valence-corrected chi connectivity index (χ1v) is 13.0. The van der Waals surface area contributed by atoms with Crippen molar-refractivity contribution < 1.29 is 13.9 Å². The van der Waals surface area contributed by atoms with E-state index in [1.807, 2.05) is 63.2 Å². The minimum Gasteiger partial charge on any atom is -0.497 e. The molecule has 1 atom stereocenters. The lowest BCUT2D eigenvalue weighted by Gasteiger charge is -2.32. The standard InChI is InChI=1S/C32H31N3O4/c1-5-29(34(20-26-12-9-17-39-26)31(36)23-10-8-11-25(19-23)38-4)30-33-28-14-7-6-13-27(28)32(37)35(30)24-16-15-21(2)22(3)18-24/h6-19,29H,5,20H2,1-4H3. The SMILES string of the molecule is CCC(c1nc2ccccc2c(=O)n1-c1ccc(C)c(C)c1)N(Cc1ccco1)C(=O)c1cccc(OC)c1. The van der Waals surface area contributed by atoms with Crippen LogP contribution in [0.5, 0.6) is 5.75 Å². The second-order valence-electron chi connectivity index (χ2n) is 9.56. The fourth-order valence-electron chi connectivity index (χ4n) is 4.85. The number of benzene rings is 3. The van der Waals surface area contributed by atoms with Crippen molar-refractivity contribution >= 4 is 16.8 Å². The summed E-state index contributed by atoms with van der Waals surface area (Å²) < 4.78 is 12.7. The molecule has 3 aromatic carbocycles. The Balaban J connectivity index is 1.74. The zero-order valence-corrected chi connectivity index (χ0v) is 22.5. The third-order valence-corrected chi connectivity index (χ3v) is 7.10. The van der Waals surface area contributed by atoms with Gasteiger partial charge in [-0.1, -0.05) is 31.2 Å². The Labute approximate surface area is 227 Å². The highest BCUT2D eigenvalue weighted by molar-refractivity contribution is 5.95. The van der Waals surface area contributed by atoms with Gasteiger partial charge < -0.3 is 14.1 Å². The molecule has 0 radical (unpaired) electrons. The Hall–Kier alpha value is -4.65. The van der Waals surface area contributed by atoms with Gasteiger partial charge in [0, 0.05) is 5.56 Å². The fourth-order valence-corrected chi connectivity index (χ4v) is 4.85. The first kappa shape index (κ1) is 26.0. The molecular formula is C32H31N3O4. The molecule has 0 bridgehead atoms. The number of fused-ring (bicyclic) bond motifs is 1. The normalized spacial score (nSPS) is 11.9. The maximum absolute atomic E-state index is 14.1. The molecule has 0 N–H and O–H groups in total. The van der Waals surface area contributed by atoms with Crippen LogP contribution in [-0.4, -0.2) is 27.5 Å². The number of rotatable bonds is 8. The molecule has 2 aromatic heterocycles. The van der Waals surface area contributed by atoms with Crippen molar-refractivity contribution in [2.75, 3.05) is 7.11 Å². The molecule has 5 aromatic rings. The number of aryl methyl sites for hydroxylation is 2. The van der Waals surface area contributed by atoms with Crippen LogP contribution in [-0.2, 0) is 6.54 Å². The van der Waals surface area contributed by atoms with Crippen LogP contribution < -0.4 is 10.3 Å². The number of ether oxygens (including phenoxy) is 1. The van der Waals surface area contributed by atoms with Gasteiger partial charge in [-0.2, -0.15) is 0 Å². The van der Waals surface area contributed by atoms with Crippen molar-refractivity contribution in [1.29, 1.82) is 0 Å².